The molecule has 4 nitrogen and oxygen atoms in total. The normalized spacial score (nSPS) is 22.6. The van der Waals surface area contributed by atoms with Crippen molar-refractivity contribution in [2.75, 3.05) is 5.32 Å². The van der Waals surface area contributed by atoms with Crippen LogP contribution in [0.5, 0.6) is 5.75 Å². The minimum atomic E-state index is -4.83. The summed E-state index contributed by atoms with van der Waals surface area (Å²) in [5.74, 6) is -1.55. The largest absolute Gasteiger partial charge is 0.573 e. The molecule has 0 heterocycles. The van der Waals surface area contributed by atoms with E-state index >= 15 is 0 Å². The Bertz CT molecular complexity index is 490. The van der Waals surface area contributed by atoms with E-state index in [1.165, 1.54) is 18.2 Å². The molecule has 7 heteroatoms. The third kappa shape index (κ3) is 3.63. The number of benzene rings is 1. The highest BCUT2D eigenvalue weighted by Crippen LogP contribution is 2.32. The van der Waals surface area contributed by atoms with Crippen LogP contribution < -0.4 is 10.1 Å². The number of nitrogens with one attached hydrogen (secondary N) is 1. The molecule has 0 bridgehead atoms. The van der Waals surface area contributed by atoms with Gasteiger partial charge in [0, 0.05) is 0 Å². The highest BCUT2D eigenvalue weighted by atomic mass is 19.4. The van der Waals surface area contributed by atoms with Crippen LogP contribution in [0.2, 0.25) is 0 Å². The first-order valence-corrected chi connectivity index (χ1v) is 6.20. The number of hydrogen-bond donors (Lipinski definition) is 2. The third-order valence-corrected chi connectivity index (χ3v) is 3.19. The minimum absolute atomic E-state index is 0.0612. The van der Waals surface area contributed by atoms with Crippen molar-refractivity contribution in [1.29, 1.82) is 0 Å². The van der Waals surface area contributed by atoms with Gasteiger partial charge >= 0.3 is 6.36 Å². The molecule has 0 aromatic heterocycles. The smallest absolute Gasteiger partial charge is 0.404 e. The molecule has 1 fully saturated rings. The van der Waals surface area contributed by atoms with Crippen LogP contribution in [0.3, 0.4) is 0 Å². The van der Waals surface area contributed by atoms with Crippen LogP contribution in [-0.4, -0.2) is 23.5 Å². The maximum absolute atomic E-state index is 12.2. The van der Waals surface area contributed by atoms with Gasteiger partial charge in [0.05, 0.1) is 17.7 Å². The first kappa shape index (κ1) is 14.6. The summed E-state index contributed by atoms with van der Waals surface area (Å²) < 4.78 is 40.6. The Morgan fingerprint density at radius 2 is 2.00 bits per heavy atom. The average Bonchev–Trinajstić information content (AvgIpc) is 2.76. The highest BCUT2D eigenvalue weighted by molar-refractivity contribution is 5.94. The van der Waals surface area contributed by atoms with E-state index in [4.69, 9.17) is 0 Å². The van der Waals surface area contributed by atoms with Gasteiger partial charge in [0.2, 0.25) is 5.91 Å². The summed E-state index contributed by atoms with van der Waals surface area (Å²) in [5.41, 5.74) is -0.0612. The lowest BCUT2D eigenvalue weighted by atomic mass is 10.1. The number of rotatable bonds is 3. The number of aliphatic hydroxyl groups is 1. The standard InChI is InChI=1S/C13H14F3NO3/c14-13(15,16)20-11-7-2-1-5-9(11)17-12(19)8-4-3-6-10(8)18/h1-2,5,7-8,10,18H,3-4,6H2,(H,17,19). The molecule has 1 aliphatic rings. The van der Waals surface area contributed by atoms with Gasteiger partial charge in [0.25, 0.3) is 0 Å². The van der Waals surface area contributed by atoms with Crippen LogP contribution in [0.4, 0.5) is 18.9 Å². The van der Waals surface area contributed by atoms with Gasteiger partial charge in [-0.15, -0.1) is 13.2 Å². The predicted molar refractivity (Wildman–Crippen MR) is 65.1 cm³/mol. The summed E-state index contributed by atoms with van der Waals surface area (Å²) in [7, 11) is 0. The molecule has 110 valence electrons. The van der Waals surface area contributed by atoms with Crippen LogP contribution in [0.1, 0.15) is 19.3 Å². The molecule has 2 unspecified atom stereocenters. The molecule has 1 saturated carbocycles. The first-order chi connectivity index (χ1) is 9.37. The Morgan fingerprint density at radius 1 is 1.30 bits per heavy atom. The Kier molecular flexibility index (Phi) is 4.17. The molecule has 1 aromatic carbocycles. The van der Waals surface area contributed by atoms with Crippen molar-refractivity contribution < 1.29 is 27.8 Å². The van der Waals surface area contributed by atoms with Crippen molar-refractivity contribution in [3.8, 4) is 5.75 Å². The summed E-state index contributed by atoms with van der Waals surface area (Å²) >= 11 is 0. The molecule has 2 N–H and O–H groups in total. The van der Waals surface area contributed by atoms with Gasteiger partial charge in [-0.1, -0.05) is 12.1 Å². The molecule has 0 spiro atoms. The predicted octanol–water partition coefficient (Wildman–Crippen LogP) is 2.68. The molecule has 0 radical (unpaired) electrons. The van der Waals surface area contributed by atoms with E-state index in [0.29, 0.717) is 12.8 Å². The van der Waals surface area contributed by atoms with E-state index in [0.717, 1.165) is 12.5 Å². The molecule has 1 aliphatic carbocycles. The van der Waals surface area contributed by atoms with Crippen molar-refractivity contribution in [2.24, 2.45) is 5.92 Å². The van der Waals surface area contributed by atoms with Crippen LogP contribution >= 0.6 is 0 Å². The van der Waals surface area contributed by atoms with Gasteiger partial charge < -0.3 is 15.2 Å². The molecule has 2 atom stereocenters. The number of ether oxygens (including phenoxy) is 1. The second kappa shape index (κ2) is 5.70. The Morgan fingerprint density at radius 3 is 2.60 bits per heavy atom. The van der Waals surface area contributed by atoms with Crippen LogP contribution in [0, 0.1) is 5.92 Å². The van der Waals surface area contributed by atoms with Gasteiger partial charge in [-0.3, -0.25) is 4.79 Å². The monoisotopic (exact) mass is 289 g/mol. The number of carbonyl (C=O) groups excluding carboxylic acids is 1. The van der Waals surface area contributed by atoms with E-state index in [1.54, 1.807) is 0 Å². The number of aliphatic hydroxyl groups excluding tert-OH is 1. The lowest BCUT2D eigenvalue weighted by Crippen LogP contribution is -2.29. The summed E-state index contributed by atoms with van der Waals surface area (Å²) in [5, 5.41) is 12.0. The quantitative estimate of drug-likeness (QED) is 0.899. The van der Waals surface area contributed by atoms with Crippen molar-refractivity contribution in [3.63, 3.8) is 0 Å². The Labute approximate surface area is 113 Å². The zero-order valence-corrected chi connectivity index (χ0v) is 10.5. The fourth-order valence-corrected chi connectivity index (χ4v) is 2.26. The number of hydrogen-bond acceptors (Lipinski definition) is 3. The second-order valence-electron chi connectivity index (χ2n) is 4.64. The highest BCUT2D eigenvalue weighted by Gasteiger charge is 2.34. The number of halogens is 3. The van der Waals surface area contributed by atoms with Crippen molar-refractivity contribution >= 4 is 11.6 Å². The SMILES string of the molecule is O=C(Nc1ccccc1OC(F)(F)F)C1CCCC1O. The summed E-state index contributed by atoms with van der Waals surface area (Å²) in [6.07, 6.45) is -3.80. The number of para-hydroxylation sites is 2. The molecule has 20 heavy (non-hydrogen) atoms. The van der Waals surface area contributed by atoms with E-state index in [1.807, 2.05) is 0 Å². The molecular weight excluding hydrogens is 275 g/mol. The van der Waals surface area contributed by atoms with E-state index in [-0.39, 0.29) is 5.69 Å². The Hall–Kier alpha value is -1.76. The Balaban J connectivity index is 2.11. The van der Waals surface area contributed by atoms with Gasteiger partial charge in [0.15, 0.2) is 5.75 Å². The maximum atomic E-state index is 12.2. The number of amides is 1. The summed E-state index contributed by atoms with van der Waals surface area (Å²) in [4.78, 5) is 11.9. The maximum Gasteiger partial charge on any atom is 0.573 e. The van der Waals surface area contributed by atoms with E-state index < -0.39 is 30.0 Å². The number of alkyl halides is 3. The average molecular weight is 289 g/mol. The topological polar surface area (TPSA) is 58.6 Å². The summed E-state index contributed by atoms with van der Waals surface area (Å²) in [6.45, 7) is 0. The minimum Gasteiger partial charge on any atom is -0.404 e. The fourth-order valence-electron chi connectivity index (χ4n) is 2.26. The zero-order chi connectivity index (χ0) is 14.8. The summed E-state index contributed by atoms with van der Waals surface area (Å²) in [6, 6.07) is 5.31. The van der Waals surface area contributed by atoms with Gasteiger partial charge in [-0.25, -0.2) is 0 Å². The molecule has 2 rings (SSSR count). The van der Waals surface area contributed by atoms with Crippen molar-refractivity contribution in [2.45, 2.75) is 31.7 Å². The van der Waals surface area contributed by atoms with Crippen molar-refractivity contribution in [1.82, 2.24) is 0 Å². The number of carbonyl (C=O) groups is 1. The van der Waals surface area contributed by atoms with E-state index in [9.17, 15) is 23.1 Å². The molecule has 1 aromatic rings. The van der Waals surface area contributed by atoms with Crippen LogP contribution in [0.25, 0.3) is 0 Å². The zero-order valence-electron chi connectivity index (χ0n) is 10.5. The first-order valence-electron chi connectivity index (χ1n) is 6.20. The molecule has 0 saturated heterocycles. The third-order valence-electron chi connectivity index (χ3n) is 3.19. The van der Waals surface area contributed by atoms with Crippen LogP contribution in [-0.2, 0) is 4.79 Å². The second-order valence-corrected chi connectivity index (χ2v) is 4.64. The van der Waals surface area contributed by atoms with Crippen molar-refractivity contribution in [3.05, 3.63) is 24.3 Å². The van der Waals surface area contributed by atoms with Gasteiger partial charge in [0.1, 0.15) is 0 Å². The molecule has 1 amide bonds. The lowest BCUT2D eigenvalue weighted by molar-refractivity contribution is -0.274. The molecular formula is C13H14F3NO3. The van der Waals surface area contributed by atoms with Gasteiger partial charge in [-0.05, 0) is 31.4 Å². The van der Waals surface area contributed by atoms with E-state index in [2.05, 4.69) is 10.1 Å². The molecule has 0 aliphatic heterocycles. The van der Waals surface area contributed by atoms with Gasteiger partial charge in [-0.2, -0.15) is 0 Å². The van der Waals surface area contributed by atoms with Crippen LogP contribution in [0.15, 0.2) is 24.3 Å². The lowest BCUT2D eigenvalue weighted by Gasteiger charge is -2.17. The number of anilines is 1. The fraction of sp³-hybridized carbons (Fsp3) is 0.462.